The summed E-state index contributed by atoms with van der Waals surface area (Å²) in [6.07, 6.45) is 5.45. The minimum absolute atomic E-state index is 0.0790. The number of rotatable bonds is 6. The molecule has 0 radical (unpaired) electrons. The maximum absolute atomic E-state index is 9.40. The molecule has 0 saturated carbocycles. The number of aliphatic hydroxyl groups excluding tert-OH is 1. The van der Waals surface area contributed by atoms with E-state index in [2.05, 4.69) is 32.1 Å². The van der Waals surface area contributed by atoms with Crippen LogP contribution in [0.3, 0.4) is 0 Å². The highest BCUT2D eigenvalue weighted by molar-refractivity contribution is 7.20. The van der Waals surface area contributed by atoms with E-state index in [0.717, 1.165) is 21.3 Å². The first-order chi connectivity index (χ1) is 12.3. The Bertz CT molecular complexity index is 920. The lowest BCUT2D eigenvalue weighted by molar-refractivity contribution is 0.301. The van der Waals surface area contributed by atoms with E-state index in [1.165, 1.54) is 16.9 Å². The van der Waals surface area contributed by atoms with E-state index in [0.29, 0.717) is 13.1 Å². The van der Waals surface area contributed by atoms with Gasteiger partial charge < -0.3 is 10.0 Å². The van der Waals surface area contributed by atoms with Gasteiger partial charge in [-0.3, -0.25) is 4.98 Å². The first kappa shape index (κ1) is 15.7. The molecule has 1 N–H and O–H groups in total. The van der Waals surface area contributed by atoms with Crippen LogP contribution < -0.4 is 4.90 Å². The number of anilines is 1. The molecule has 126 valence electrons. The third kappa shape index (κ3) is 3.38. The summed E-state index contributed by atoms with van der Waals surface area (Å²) >= 11 is 1.52. The molecular formula is C18H17N5OS. The number of fused-ring (bicyclic) bond motifs is 1. The molecule has 1 aromatic carbocycles. The molecule has 3 heterocycles. The normalized spacial score (nSPS) is 11.1. The van der Waals surface area contributed by atoms with E-state index in [1.807, 2.05) is 36.5 Å². The van der Waals surface area contributed by atoms with Gasteiger partial charge in [0.05, 0.1) is 18.5 Å². The van der Waals surface area contributed by atoms with E-state index in [-0.39, 0.29) is 6.61 Å². The van der Waals surface area contributed by atoms with Crippen LogP contribution in [0.4, 0.5) is 5.13 Å². The number of pyridine rings is 1. The van der Waals surface area contributed by atoms with Gasteiger partial charge in [-0.1, -0.05) is 41.7 Å². The lowest BCUT2D eigenvalue weighted by atomic mass is 10.2. The molecular weight excluding hydrogens is 334 g/mol. The van der Waals surface area contributed by atoms with Crippen LogP contribution in [-0.4, -0.2) is 37.8 Å². The smallest absolute Gasteiger partial charge is 0.214 e. The maximum atomic E-state index is 9.40. The zero-order chi connectivity index (χ0) is 17.1. The molecule has 0 aliphatic carbocycles. The van der Waals surface area contributed by atoms with Crippen molar-refractivity contribution in [2.75, 3.05) is 18.1 Å². The fourth-order valence-corrected chi connectivity index (χ4v) is 3.55. The number of aliphatic hydroxyl groups is 1. The molecule has 0 bridgehead atoms. The summed E-state index contributed by atoms with van der Waals surface area (Å²) in [6, 6.07) is 14.0. The fourth-order valence-electron chi connectivity index (χ4n) is 2.64. The first-order valence-corrected chi connectivity index (χ1v) is 8.81. The van der Waals surface area contributed by atoms with Gasteiger partial charge in [0.2, 0.25) is 10.1 Å². The summed E-state index contributed by atoms with van der Waals surface area (Å²) in [5.41, 5.74) is 3.01. The molecule has 4 aromatic rings. The van der Waals surface area contributed by atoms with Crippen LogP contribution in [0.1, 0.15) is 5.56 Å². The fraction of sp³-hybridized carbons (Fsp3) is 0.167. The van der Waals surface area contributed by atoms with Gasteiger partial charge in [0.25, 0.3) is 0 Å². The molecule has 0 unspecified atom stereocenters. The van der Waals surface area contributed by atoms with Crippen LogP contribution in [0.15, 0.2) is 61.1 Å². The Balaban J connectivity index is 1.62. The van der Waals surface area contributed by atoms with Gasteiger partial charge in [0.1, 0.15) is 0 Å². The standard InChI is InChI=1S/C18H17N5OS/c24-10-9-22(12-14-5-2-1-3-6-14)18-21-23-13-16(20-17(23)25-18)15-7-4-8-19-11-15/h1-8,11,13,24H,9-10,12H2. The van der Waals surface area contributed by atoms with E-state index in [1.54, 1.807) is 16.9 Å². The largest absolute Gasteiger partial charge is 0.395 e. The zero-order valence-corrected chi connectivity index (χ0v) is 14.3. The summed E-state index contributed by atoms with van der Waals surface area (Å²) in [5, 5.41) is 14.9. The van der Waals surface area contributed by atoms with Crippen LogP contribution in [0.5, 0.6) is 0 Å². The zero-order valence-electron chi connectivity index (χ0n) is 13.5. The van der Waals surface area contributed by atoms with E-state index in [9.17, 15) is 5.11 Å². The topological polar surface area (TPSA) is 66.5 Å². The van der Waals surface area contributed by atoms with Crippen molar-refractivity contribution in [2.24, 2.45) is 0 Å². The third-order valence-electron chi connectivity index (χ3n) is 3.85. The second-order valence-electron chi connectivity index (χ2n) is 5.61. The average molecular weight is 351 g/mol. The Morgan fingerprint density at radius 1 is 1.12 bits per heavy atom. The van der Waals surface area contributed by atoms with Crippen molar-refractivity contribution in [1.82, 2.24) is 19.6 Å². The van der Waals surface area contributed by atoms with E-state index in [4.69, 9.17) is 0 Å². The predicted molar refractivity (Wildman–Crippen MR) is 98.7 cm³/mol. The van der Waals surface area contributed by atoms with Crippen LogP contribution in [0, 0.1) is 0 Å². The molecule has 0 fully saturated rings. The maximum Gasteiger partial charge on any atom is 0.214 e. The minimum Gasteiger partial charge on any atom is -0.395 e. The number of hydrogen-bond donors (Lipinski definition) is 1. The monoisotopic (exact) mass is 351 g/mol. The number of benzene rings is 1. The Morgan fingerprint density at radius 2 is 2.00 bits per heavy atom. The summed E-state index contributed by atoms with van der Waals surface area (Å²) in [7, 11) is 0. The Hall–Kier alpha value is -2.77. The van der Waals surface area contributed by atoms with Gasteiger partial charge >= 0.3 is 0 Å². The summed E-state index contributed by atoms with van der Waals surface area (Å²) < 4.78 is 1.79. The first-order valence-electron chi connectivity index (χ1n) is 8.00. The number of aromatic nitrogens is 4. The second kappa shape index (κ2) is 7.00. The van der Waals surface area contributed by atoms with E-state index >= 15 is 0 Å². The second-order valence-corrected chi connectivity index (χ2v) is 6.54. The number of imidazole rings is 1. The van der Waals surface area contributed by atoms with Crippen LogP contribution in [-0.2, 0) is 6.54 Å². The molecule has 0 atom stereocenters. The van der Waals surface area contributed by atoms with Gasteiger partial charge in [-0.05, 0) is 17.7 Å². The van der Waals surface area contributed by atoms with Gasteiger partial charge in [-0.2, -0.15) is 0 Å². The predicted octanol–water partition coefficient (Wildman–Crippen LogP) is 2.85. The highest BCUT2D eigenvalue weighted by Crippen LogP contribution is 2.27. The summed E-state index contributed by atoms with van der Waals surface area (Å²) in [4.78, 5) is 11.7. The van der Waals surface area contributed by atoms with Crippen molar-refractivity contribution in [1.29, 1.82) is 0 Å². The Kier molecular flexibility index (Phi) is 4.41. The van der Waals surface area contributed by atoms with Gasteiger partial charge in [-0.15, -0.1) is 5.10 Å². The number of hydrogen-bond acceptors (Lipinski definition) is 6. The van der Waals surface area contributed by atoms with Crippen LogP contribution >= 0.6 is 11.3 Å². The van der Waals surface area contributed by atoms with Gasteiger partial charge in [-0.25, -0.2) is 9.50 Å². The summed E-state index contributed by atoms with van der Waals surface area (Å²) in [6.45, 7) is 1.31. The van der Waals surface area contributed by atoms with Crippen LogP contribution in [0.25, 0.3) is 16.2 Å². The minimum atomic E-state index is 0.0790. The van der Waals surface area contributed by atoms with Crippen molar-refractivity contribution in [3.05, 3.63) is 66.6 Å². The van der Waals surface area contributed by atoms with E-state index < -0.39 is 0 Å². The molecule has 0 aliphatic heterocycles. The molecule has 7 heteroatoms. The third-order valence-corrected chi connectivity index (χ3v) is 4.83. The molecule has 6 nitrogen and oxygen atoms in total. The number of nitrogens with zero attached hydrogens (tertiary/aromatic N) is 5. The molecule has 0 spiro atoms. The van der Waals surface area contributed by atoms with Crippen molar-refractivity contribution in [3.63, 3.8) is 0 Å². The Labute approximate surface area is 149 Å². The molecule has 0 saturated heterocycles. The lowest BCUT2D eigenvalue weighted by Gasteiger charge is -2.20. The van der Waals surface area contributed by atoms with Gasteiger partial charge in [0, 0.05) is 31.0 Å². The van der Waals surface area contributed by atoms with Crippen molar-refractivity contribution in [2.45, 2.75) is 6.54 Å². The lowest BCUT2D eigenvalue weighted by Crippen LogP contribution is -2.26. The molecule has 0 amide bonds. The molecule has 0 aliphatic rings. The van der Waals surface area contributed by atoms with Crippen LogP contribution in [0.2, 0.25) is 0 Å². The molecule has 4 rings (SSSR count). The summed E-state index contributed by atoms with van der Waals surface area (Å²) in [5.74, 6) is 0. The highest BCUT2D eigenvalue weighted by Gasteiger charge is 2.15. The SMILES string of the molecule is OCCN(Cc1ccccc1)c1nn2cc(-c3cccnc3)nc2s1. The highest BCUT2D eigenvalue weighted by atomic mass is 32.1. The van der Waals surface area contributed by atoms with Crippen molar-refractivity contribution in [3.8, 4) is 11.3 Å². The van der Waals surface area contributed by atoms with Crippen molar-refractivity contribution < 1.29 is 5.11 Å². The quantitative estimate of drug-likeness (QED) is 0.579. The Morgan fingerprint density at radius 3 is 2.72 bits per heavy atom. The average Bonchev–Trinajstić information content (AvgIpc) is 3.22. The molecule has 25 heavy (non-hydrogen) atoms. The van der Waals surface area contributed by atoms with Gasteiger partial charge in [0.15, 0.2) is 0 Å². The molecule has 3 aromatic heterocycles. The van der Waals surface area contributed by atoms with Crippen molar-refractivity contribution >= 4 is 21.4 Å².